The summed E-state index contributed by atoms with van der Waals surface area (Å²) in [5, 5.41) is 3.62. The third-order valence-corrected chi connectivity index (χ3v) is 4.18. The average Bonchev–Trinajstić information content (AvgIpc) is 2.84. The summed E-state index contributed by atoms with van der Waals surface area (Å²) in [4.78, 5) is 7.73. The van der Waals surface area contributed by atoms with Gasteiger partial charge in [0.2, 0.25) is 15.9 Å². The fraction of sp³-hybridized carbons (Fsp3) is 0.273. The number of sulfonamides is 1. The monoisotopic (exact) mass is 327 g/mol. The molecule has 21 heavy (non-hydrogen) atoms. The molecule has 0 amide bonds. The smallest absolute Gasteiger partial charge is 0.242 e. The molecule has 2 rings (SSSR count). The second-order valence-corrected chi connectivity index (χ2v) is 6.27. The van der Waals surface area contributed by atoms with Gasteiger partial charge < -0.3 is 10.3 Å². The molecule has 0 bridgehead atoms. The first-order valence-electron chi connectivity index (χ1n) is 5.94. The van der Waals surface area contributed by atoms with Crippen molar-refractivity contribution in [3.63, 3.8) is 0 Å². The molecule has 0 fully saturated rings. The Morgan fingerprint density at radius 1 is 1.52 bits per heavy atom. The topological polar surface area (TPSA) is 124 Å². The highest BCUT2D eigenvalue weighted by Gasteiger charge is 2.20. The molecule has 112 valence electrons. The van der Waals surface area contributed by atoms with Crippen molar-refractivity contribution in [3.8, 4) is 0 Å². The first kappa shape index (κ1) is 15.5. The van der Waals surface area contributed by atoms with E-state index in [2.05, 4.69) is 19.8 Å². The van der Waals surface area contributed by atoms with Gasteiger partial charge in [0.05, 0.1) is 0 Å². The molecule has 0 spiro atoms. The second-order valence-electron chi connectivity index (χ2n) is 4.10. The van der Waals surface area contributed by atoms with Crippen molar-refractivity contribution in [2.75, 3.05) is 6.54 Å². The van der Waals surface area contributed by atoms with Crippen LogP contribution in [-0.4, -0.2) is 35.1 Å². The van der Waals surface area contributed by atoms with Crippen LogP contribution in [0.3, 0.4) is 0 Å². The van der Waals surface area contributed by atoms with Crippen LogP contribution in [0.5, 0.6) is 0 Å². The molecule has 2 aromatic heterocycles. The van der Waals surface area contributed by atoms with Gasteiger partial charge in [0, 0.05) is 19.2 Å². The number of nitrogens with zero attached hydrogens (tertiary/aromatic N) is 3. The van der Waals surface area contributed by atoms with E-state index in [1.165, 1.54) is 18.3 Å². The maximum Gasteiger partial charge on any atom is 0.242 e. The van der Waals surface area contributed by atoms with Crippen molar-refractivity contribution >= 4 is 27.2 Å². The maximum absolute atomic E-state index is 12.2. The van der Waals surface area contributed by atoms with Gasteiger partial charge in [-0.15, -0.1) is 0 Å². The molecule has 0 saturated heterocycles. The van der Waals surface area contributed by atoms with Gasteiger partial charge in [0.1, 0.15) is 15.6 Å². The minimum absolute atomic E-state index is 0.0563. The largest absolute Gasteiger partial charge is 0.388 e. The standard InChI is InChI=1S/C11H13N5O3S2/c1-7-15-9(19-16-7)4-6-14-21(17,18)8-3-2-5-13-10(8)11(12)20/h2-3,5,14H,4,6H2,1H3,(H2,12,20). The maximum atomic E-state index is 12.2. The summed E-state index contributed by atoms with van der Waals surface area (Å²) in [6.45, 7) is 1.79. The van der Waals surface area contributed by atoms with Gasteiger partial charge in [-0.1, -0.05) is 17.4 Å². The Morgan fingerprint density at radius 2 is 2.29 bits per heavy atom. The molecule has 10 heteroatoms. The summed E-state index contributed by atoms with van der Waals surface area (Å²) in [5.41, 5.74) is 5.54. The van der Waals surface area contributed by atoms with E-state index in [1.807, 2.05) is 0 Å². The van der Waals surface area contributed by atoms with Gasteiger partial charge in [-0.2, -0.15) is 4.98 Å². The molecule has 3 N–H and O–H groups in total. The van der Waals surface area contributed by atoms with Gasteiger partial charge in [-0.3, -0.25) is 4.98 Å². The third kappa shape index (κ3) is 3.80. The van der Waals surface area contributed by atoms with E-state index in [9.17, 15) is 8.42 Å². The zero-order valence-corrected chi connectivity index (χ0v) is 12.7. The summed E-state index contributed by atoms with van der Waals surface area (Å²) in [6, 6.07) is 2.89. The van der Waals surface area contributed by atoms with Crippen LogP contribution in [0.25, 0.3) is 0 Å². The Labute approximate surface area is 126 Å². The number of thiocarbonyl (C=S) groups is 1. The predicted molar refractivity (Wildman–Crippen MR) is 78.1 cm³/mol. The van der Waals surface area contributed by atoms with Crippen molar-refractivity contribution in [2.45, 2.75) is 18.2 Å². The van der Waals surface area contributed by atoms with Gasteiger partial charge in [-0.25, -0.2) is 13.1 Å². The van der Waals surface area contributed by atoms with Gasteiger partial charge in [0.25, 0.3) is 0 Å². The minimum atomic E-state index is -3.77. The number of hydrogen-bond donors (Lipinski definition) is 2. The van der Waals surface area contributed by atoms with Crippen LogP contribution in [0, 0.1) is 6.92 Å². The fourth-order valence-electron chi connectivity index (χ4n) is 1.60. The van der Waals surface area contributed by atoms with Gasteiger partial charge in [0.15, 0.2) is 5.82 Å². The molecule has 0 aliphatic rings. The van der Waals surface area contributed by atoms with E-state index >= 15 is 0 Å². The van der Waals surface area contributed by atoms with E-state index < -0.39 is 10.0 Å². The highest BCUT2D eigenvalue weighted by Crippen LogP contribution is 2.12. The summed E-state index contributed by atoms with van der Waals surface area (Å²) in [7, 11) is -3.77. The highest BCUT2D eigenvalue weighted by molar-refractivity contribution is 7.89. The lowest BCUT2D eigenvalue weighted by Gasteiger charge is -2.08. The van der Waals surface area contributed by atoms with Gasteiger partial charge >= 0.3 is 0 Å². The van der Waals surface area contributed by atoms with E-state index in [-0.39, 0.29) is 28.5 Å². The van der Waals surface area contributed by atoms with Crippen molar-refractivity contribution in [1.29, 1.82) is 0 Å². The Bertz CT molecular complexity index is 757. The summed E-state index contributed by atoms with van der Waals surface area (Å²) < 4.78 is 31.8. The lowest BCUT2D eigenvalue weighted by Crippen LogP contribution is -2.29. The number of nitrogens with one attached hydrogen (secondary N) is 1. The highest BCUT2D eigenvalue weighted by atomic mass is 32.2. The summed E-state index contributed by atoms with van der Waals surface area (Å²) >= 11 is 4.80. The Hall–Kier alpha value is -1.91. The minimum Gasteiger partial charge on any atom is -0.388 e. The molecule has 8 nitrogen and oxygen atoms in total. The number of hydrogen-bond acceptors (Lipinski definition) is 7. The molecule has 0 saturated carbocycles. The van der Waals surface area contributed by atoms with Crippen LogP contribution in [0.2, 0.25) is 0 Å². The zero-order chi connectivity index (χ0) is 15.5. The molecule has 0 atom stereocenters. The molecular formula is C11H13N5O3S2. The molecule has 0 aromatic carbocycles. The predicted octanol–water partition coefficient (Wildman–Crippen LogP) is -0.0718. The number of aromatic nitrogens is 3. The number of aryl methyl sites for hydroxylation is 1. The van der Waals surface area contributed by atoms with Crippen LogP contribution in [0.15, 0.2) is 27.7 Å². The average molecular weight is 327 g/mol. The second kappa shape index (κ2) is 6.24. The molecule has 0 unspecified atom stereocenters. The number of nitrogens with two attached hydrogens (primary N) is 1. The SMILES string of the molecule is Cc1noc(CCNS(=O)(=O)c2cccnc2C(N)=S)n1. The molecule has 0 aliphatic carbocycles. The Balaban J connectivity index is 2.10. The molecule has 0 aliphatic heterocycles. The van der Waals surface area contributed by atoms with Crippen molar-refractivity contribution in [2.24, 2.45) is 5.73 Å². The van der Waals surface area contributed by atoms with Crippen LogP contribution in [0.4, 0.5) is 0 Å². The molecule has 0 radical (unpaired) electrons. The normalized spacial score (nSPS) is 11.5. The van der Waals surface area contributed by atoms with Crippen LogP contribution in [-0.2, 0) is 16.4 Å². The lowest BCUT2D eigenvalue weighted by molar-refractivity contribution is 0.375. The quantitative estimate of drug-likeness (QED) is 0.706. The van der Waals surface area contributed by atoms with Crippen molar-refractivity contribution < 1.29 is 12.9 Å². The molecular weight excluding hydrogens is 314 g/mol. The Kier molecular flexibility index (Phi) is 4.60. The van der Waals surface area contributed by atoms with Crippen LogP contribution < -0.4 is 10.5 Å². The number of rotatable bonds is 6. The summed E-state index contributed by atoms with van der Waals surface area (Å²) in [6.07, 6.45) is 1.71. The van der Waals surface area contributed by atoms with Gasteiger partial charge in [-0.05, 0) is 19.1 Å². The molecule has 2 heterocycles. The molecule has 2 aromatic rings. The fourth-order valence-corrected chi connectivity index (χ4v) is 3.03. The van der Waals surface area contributed by atoms with Crippen molar-refractivity contribution in [1.82, 2.24) is 19.8 Å². The van der Waals surface area contributed by atoms with E-state index in [1.54, 1.807) is 6.92 Å². The summed E-state index contributed by atoms with van der Waals surface area (Å²) in [5.74, 6) is 0.854. The lowest BCUT2D eigenvalue weighted by atomic mass is 10.3. The zero-order valence-electron chi connectivity index (χ0n) is 11.1. The van der Waals surface area contributed by atoms with Crippen LogP contribution >= 0.6 is 12.2 Å². The van der Waals surface area contributed by atoms with Crippen LogP contribution in [0.1, 0.15) is 17.4 Å². The van der Waals surface area contributed by atoms with Crippen molar-refractivity contribution in [3.05, 3.63) is 35.7 Å². The van der Waals surface area contributed by atoms with E-state index in [4.69, 9.17) is 22.5 Å². The first-order chi connectivity index (χ1) is 9.90. The number of pyridine rings is 1. The first-order valence-corrected chi connectivity index (χ1v) is 7.83. The third-order valence-electron chi connectivity index (χ3n) is 2.49. The van der Waals surface area contributed by atoms with E-state index in [0.29, 0.717) is 11.7 Å². The Morgan fingerprint density at radius 3 is 2.90 bits per heavy atom. The van der Waals surface area contributed by atoms with E-state index in [0.717, 1.165) is 0 Å².